The highest BCUT2D eigenvalue weighted by Crippen LogP contribution is 2.54. The quantitative estimate of drug-likeness (QED) is 0.242. The zero-order chi connectivity index (χ0) is 26.7. The van der Waals surface area contributed by atoms with Crippen molar-refractivity contribution in [3.8, 4) is 5.69 Å². The van der Waals surface area contributed by atoms with E-state index in [4.69, 9.17) is 11.6 Å². The fraction of sp³-hybridized carbons (Fsp3) is 0.526. The highest BCUT2D eigenvalue weighted by Gasteiger charge is 2.81. The molecule has 2 heterocycles. The van der Waals surface area contributed by atoms with E-state index in [2.05, 4.69) is 10.1 Å². The van der Waals surface area contributed by atoms with Crippen LogP contribution in [-0.4, -0.2) is 62.7 Å². The van der Waals surface area contributed by atoms with Crippen LogP contribution in [0.2, 0.25) is 5.15 Å². The topological polar surface area (TPSA) is 51.0 Å². The van der Waals surface area contributed by atoms with Gasteiger partial charge in [0.25, 0.3) is 0 Å². The van der Waals surface area contributed by atoms with Crippen LogP contribution < -0.4 is 4.90 Å². The maximum atomic E-state index is 13.6. The molecule has 0 unspecified atom stereocenters. The van der Waals surface area contributed by atoms with E-state index < -0.39 is 42.0 Å². The maximum absolute atomic E-state index is 13.6. The Morgan fingerprint density at radius 1 is 1.09 bits per heavy atom. The molecule has 0 aliphatic heterocycles. The molecule has 0 atom stereocenters. The number of hydrogen-bond acceptors (Lipinski definition) is 4. The lowest BCUT2D eigenvalue weighted by molar-refractivity contribution is -0.396. The number of amides is 1. The number of alkyl halides is 9. The van der Waals surface area contributed by atoms with Gasteiger partial charge in [0.2, 0.25) is 5.91 Å². The molecule has 1 amide bonds. The Kier molecular flexibility index (Phi) is 9.01. The first-order valence-corrected chi connectivity index (χ1v) is 11.3. The van der Waals surface area contributed by atoms with E-state index in [0.29, 0.717) is 17.4 Å². The Morgan fingerprint density at radius 3 is 2.29 bits per heavy atom. The summed E-state index contributed by atoms with van der Waals surface area (Å²) >= 11 is 6.63. The van der Waals surface area contributed by atoms with E-state index in [-0.39, 0.29) is 29.6 Å². The third-order valence-corrected chi connectivity index (χ3v) is 5.96. The standard InChI is InChI=1S/C19H18ClF9N4OS/c1-2-32(13-11-33(31-15(13)20)12-4-3-7-30-10-12)14(34)5-8-35-9-6-16(21,22)17(23,24)18(25,26)19(27,28)29/h3-4,7,10-11H,2,5-6,8-9H2,1H3. The molecule has 0 spiro atoms. The average Bonchev–Trinajstić information content (AvgIpc) is 3.15. The van der Waals surface area contributed by atoms with Gasteiger partial charge in [0.05, 0.1) is 18.1 Å². The molecule has 2 aromatic heterocycles. The number of rotatable bonds is 11. The molecule has 2 aromatic rings. The average molecular weight is 557 g/mol. The fourth-order valence-electron chi connectivity index (χ4n) is 2.79. The van der Waals surface area contributed by atoms with Crippen LogP contribution in [0.25, 0.3) is 5.69 Å². The smallest absolute Gasteiger partial charge is 0.308 e. The lowest BCUT2D eigenvalue weighted by atomic mass is 10.0. The Hall–Kier alpha value is -2.16. The normalized spacial score (nSPS) is 13.2. The van der Waals surface area contributed by atoms with Crippen LogP contribution in [0.4, 0.5) is 45.2 Å². The van der Waals surface area contributed by atoms with Gasteiger partial charge in [-0.3, -0.25) is 9.78 Å². The molecule has 35 heavy (non-hydrogen) atoms. The number of anilines is 1. The second kappa shape index (κ2) is 10.8. The van der Waals surface area contributed by atoms with Crippen LogP contribution in [0.3, 0.4) is 0 Å². The zero-order valence-electron chi connectivity index (χ0n) is 17.8. The van der Waals surface area contributed by atoms with Gasteiger partial charge in [-0.05, 0) is 24.8 Å². The molecule has 0 saturated carbocycles. The van der Waals surface area contributed by atoms with E-state index in [1.165, 1.54) is 28.2 Å². The Labute approximate surface area is 202 Å². The Balaban J connectivity index is 1.94. The molecule has 0 aromatic carbocycles. The first-order valence-electron chi connectivity index (χ1n) is 9.80. The van der Waals surface area contributed by atoms with E-state index in [1.54, 1.807) is 19.1 Å². The molecule has 2 rings (SSSR count). The van der Waals surface area contributed by atoms with Gasteiger partial charge in [-0.2, -0.15) is 56.4 Å². The Morgan fingerprint density at radius 2 is 1.74 bits per heavy atom. The summed E-state index contributed by atoms with van der Waals surface area (Å²) in [6.45, 7) is 1.75. The van der Waals surface area contributed by atoms with Gasteiger partial charge in [0.1, 0.15) is 5.69 Å². The molecule has 196 valence electrons. The maximum Gasteiger partial charge on any atom is 0.460 e. The van der Waals surface area contributed by atoms with E-state index in [1.807, 2.05) is 0 Å². The summed E-state index contributed by atoms with van der Waals surface area (Å²) in [5.41, 5.74) is 0.780. The van der Waals surface area contributed by atoms with Gasteiger partial charge < -0.3 is 4.90 Å². The Bertz CT molecular complexity index is 1000. The number of nitrogens with zero attached hydrogens (tertiary/aromatic N) is 4. The molecular formula is C19H18ClF9N4OS. The second-order valence-corrected chi connectivity index (χ2v) is 8.65. The fourth-order valence-corrected chi connectivity index (χ4v) is 3.94. The van der Waals surface area contributed by atoms with Crippen LogP contribution in [0, 0.1) is 0 Å². The van der Waals surface area contributed by atoms with Gasteiger partial charge in [0, 0.05) is 31.3 Å². The van der Waals surface area contributed by atoms with Crippen molar-refractivity contribution in [1.82, 2.24) is 14.8 Å². The van der Waals surface area contributed by atoms with Gasteiger partial charge in [-0.25, -0.2) is 4.68 Å². The summed E-state index contributed by atoms with van der Waals surface area (Å²) in [4.78, 5) is 17.7. The molecule has 16 heteroatoms. The first-order chi connectivity index (χ1) is 16.1. The van der Waals surface area contributed by atoms with Crippen molar-refractivity contribution >= 4 is 35.0 Å². The lowest BCUT2D eigenvalue weighted by Gasteiger charge is -2.33. The number of aromatic nitrogens is 3. The van der Waals surface area contributed by atoms with E-state index in [0.717, 1.165) is 0 Å². The predicted octanol–water partition coefficient (Wildman–Crippen LogP) is 6.26. The minimum atomic E-state index is -6.91. The van der Waals surface area contributed by atoms with Crippen LogP contribution in [-0.2, 0) is 4.79 Å². The van der Waals surface area contributed by atoms with Gasteiger partial charge in [-0.1, -0.05) is 11.6 Å². The van der Waals surface area contributed by atoms with Gasteiger partial charge in [-0.15, -0.1) is 0 Å². The predicted molar refractivity (Wildman–Crippen MR) is 112 cm³/mol. The molecule has 0 aliphatic rings. The molecule has 0 saturated heterocycles. The third-order valence-electron chi connectivity index (χ3n) is 4.70. The molecule has 5 nitrogen and oxygen atoms in total. The van der Waals surface area contributed by atoms with Crippen LogP contribution in [0.5, 0.6) is 0 Å². The number of thioether (sulfide) groups is 1. The summed E-state index contributed by atoms with van der Waals surface area (Å²) in [6.07, 6.45) is -4.61. The third kappa shape index (κ3) is 6.16. The van der Waals surface area contributed by atoms with Crippen molar-refractivity contribution in [2.75, 3.05) is 23.0 Å². The van der Waals surface area contributed by atoms with Crippen LogP contribution in [0.1, 0.15) is 19.8 Å². The van der Waals surface area contributed by atoms with Crippen molar-refractivity contribution in [1.29, 1.82) is 0 Å². The van der Waals surface area contributed by atoms with Crippen molar-refractivity contribution in [3.05, 3.63) is 35.9 Å². The number of pyridine rings is 1. The van der Waals surface area contributed by atoms with Crippen LogP contribution >= 0.6 is 23.4 Å². The largest absolute Gasteiger partial charge is 0.460 e. The zero-order valence-corrected chi connectivity index (χ0v) is 19.4. The minimum Gasteiger partial charge on any atom is -0.308 e. The van der Waals surface area contributed by atoms with Gasteiger partial charge >= 0.3 is 23.9 Å². The summed E-state index contributed by atoms with van der Waals surface area (Å²) in [6, 6.07) is 3.33. The first kappa shape index (κ1) is 29.1. The minimum absolute atomic E-state index is 0.0239. The summed E-state index contributed by atoms with van der Waals surface area (Å²) < 4.78 is 117. The number of carbonyl (C=O) groups excluding carboxylic acids is 1. The molecule has 0 bridgehead atoms. The number of halogens is 10. The highest BCUT2D eigenvalue weighted by atomic mass is 35.5. The van der Waals surface area contributed by atoms with Crippen molar-refractivity contribution in [2.24, 2.45) is 0 Å². The van der Waals surface area contributed by atoms with E-state index in [9.17, 15) is 44.3 Å². The highest BCUT2D eigenvalue weighted by molar-refractivity contribution is 7.99. The SMILES string of the molecule is CCN(C(=O)CCSCCC(F)(F)C(F)(F)C(F)(F)C(F)(F)F)c1cn(-c2cccnc2)nc1Cl. The summed E-state index contributed by atoms with van der Waals surface area (Å²) in [5.74, 6) is -20.8. The van der Waals surface area contributed by atoms with E-state index >= 15 is 0 Å². The van der Waals surface area contributed by atoms with Crippen molar-refractivity contribution in [3.63, 3.8) is 0 Å². The molecule has 0 fully saturated rings. The van der Waals surface area contributed by atoms with Gasteiger partial charge in [0.15, 0.2) is 5.15 Å². The van der Waals surface area contributed by atoms with Crippen molar-refractivity contribution in [2.45, 2.75) is 43.7 Å². The summed E-state index contributed by atoms with van der Waals surface area (Å²) in [7, 11) is 0. The lowest BCUT2D eigenvalue weighted by Crippen LogP contribution is -2.60. The second-order valence-electron chi connectivity index (χ2n) is 7.06. The summed E-state index contributed by atoms with van der Waals surface area (Å²) in [5, 5.41) is 4.05. The molecule has 0 radical (unpaired) electrons. The molecular weight excluding hydrogens is 539 g/mol. The molecule has 0 N–H and O–H groups in total. The number of carbonyl (C=O) groups is 1. The van der Waals surface area contributed by atoms with Crippen molar-refractivity contribution < 1.29 is 44.3 Å². The van der Waals surface area contributed by atoms with Crippen LogP contribution in [0.15, 0.2) is 30.7 Å². The number of hydrogen-bond donors (Lipinski definition) is 0. The molecule has 0 aliphatic carbocycles. The monoisotopic (exact) mass is 556 g/mol.